The number of benzene rings is 2. The predicted molar refractivity (Wildman–Crippen MR) is 272 cm³/mol. The summed E-state index contributed by atoms with van der Waals surface area (Å²) in [5.74, 6) is 2.23. The van der Waals surface area contributed by atoms with Gasteiger partial charge in [0.2, 0.25) is 11.2 Å². The van der Waals surface area contributed by atoms with E-state index in [1.807, 2.05) is 30.5 Å². The fraction of sp³-hybridized carbons (Fsp3) is 0.500. The molecule has 2 amide bonds. The highest BCUT2D eigenvalue weighted by Gasteiger charge is 2.60. The van der Waals surface area contributed by atoms with Crippen LogP contribution < -0.4 is 20.9 Å². The summed E-state index contributed by atoms with van der Waals surface area (Å²) in [5.41, 5.74) is 14.4. The zero-order valence-corrected chi connectivity index (χ0v) is 41.4. The second-order valence-corrected chi connectivity index (χ2v) is 23.1. The van der Waals surface area contributed by atoms with Crippen molar-refractivity contribution in [3.05, 3.63) is 89.7 Å². The number of hydrogen-bond acceptors (Lipinski definition) is 12. The maximum atomic E-state index is 12.9. The average Bonchev–Trinajstić information content (AvgIpc) is 3.76. The second-order valence-electron chi connectivity index (χ2n) is 22.7. The third-order valence-corrected chi connectivity index (χ3v) is 16.7. The van der Waals surface area contributed by atoms with Crippen molar-refractivity contribution in [1.82, 2.24) is 48.7 Å². The van der Waals surface area contributed by atoms with Gasteiger partial charge in [0.05, 0.1) is 0 Å². The van der Waals surface area contributed by atoms with Crippen LogP contribution in [0.5, 0.6) is 0 Å². The number of fused-ring (bicyclic) bond motifs is 2. The van der Waals surface area contributed by atoms with Gasteiger partial charge in [-0.15, -0.1) is 0 Å². The van der Waals surface area contributed by atoms with Crippen molar-refractivity contribution in [3.63, 3.8) is 0 Å². The molecule has 8 heterocycles. The van der Waals surface area contributed by atoms with Crippen molar-refractivity contribution >= 4 is 74.2 Å². The minimum atomic E-state index is 0.00356. The summed E-state index contributed by atoms with van der Waals surface area (Å²) in [6.07, 6.45) is 10.4. The Labute approximate surface area is 408 Å². The second kappa shape index (κ2) is 15.8. The van der Waals surface area contributed by atoms with E-state index < -0.39 is 0 Å². The predicted octanol–water partition coefficient (Wildman–Crippen LogP) is 6.45. The summed E-state index contributed by atoms with van der Waals surface area (Å²) < 4.78 is 4.32. The third kappa shape index (κ3) is 7.38. The first-order valence-electron chi connectivity index (χ1n) is 24.5. The molecule has 4 bridgehead atoms. The summed E-state index contributed by atoms with van der Waals surface area (Å²) in [4.78, 5) is 56.1. The van der Waals surface area contributed by atoms with Crippen LogP contribution in [0.2, 0.25) is 5.28 Å². The van der Waals surface area contributed by atoms with Gasteiger partial charge in [-0.3, -0.25) is 9.59 Å². The van der Waals surface area contributed by atoms with E-state index in [1.165, 1.54) is 50.6 Å². The van der Waals surface area contributed by atoms with Crippen molar-refractivity contribution < 1.29 is 9.59 Å². The number of carbonyl (C=O) groups excluding carboxylic acids is 2. The minimum absolute atomic E-state index is 0.00356. The van der Waals surface area contributed by atoms with Gasteiger partial charge in [0, 0.05) is 148 Å². The largest absolute Gasteiger partial charge is 0.399 e. The number of nitrogen functional groups attached to an aromatic ring is 1. The van der Waals surface area contributed by atoms with Crippen LogP contribution in [-0.4, -0.2) is 155 Å². The molecule has 17 heteroatoms. The van der Waals surface area contributed by atoms with Gasteiger partial charge >= 0.3 is 0 Å². The number of hydrogen-bond donors (Lipinski definition) is 2. The highest BCUT2D eigenvalue weighted by Crippen LogP contribution is 2.64. The first-order chi connectivity index (χ1) is 33.0. The average molecular weight is 952 g/mol. The number of aromatic nitrogens is 6. The Bertz CT molecular complexity index is 2960. The summed E-state index contributed by atoms with van der Waals surface area (Å²) in [6, 6.07) is 20.6. The highest BCUT2D eigenvalue weighted by atomic mass is 35.5. The highest BCUT2D eigenvalue weighted by molar-refractivity contribution is 6.28. The number of anilines is 5. The monoisotopic (exact) mass is 950 g/mol. The van der Waals surface area contributed by atoms with E-state index in [0.717, 1.165) is 103 Å². The maximum Gasteiger partial charge on any atom is 0.270 e. The van der Waals surface area contributed by atoms with Crippen LogP contribution in [0.15, 0.2) is 73.1 Å². The number of nitrogens with one attached hydrogen (secondary N) is 1. The lowest BCUT2D eigenvalue weighted by Gasteiger charge is -2.62. The molecule has 69 heavy (non-hydrogen) atoms. The molecule has 4 aliphatic heterocycles. The molecule has 0 radical (unpaired) electrons. The van der Waals surface area contributed by atoms with Crippen LogP contribution >= 0.6 is 11.6 Å². The number of carbonyl (C=O) groups is 2. The Morgan fingerprint density at radius 2 is 1.04 bits per heavy atom. The Hall–Kier alpha value is -5.97. The van der Waals surface area contributed by atoms with Crippen molar-refractivity contribution in [2.24, 2.45) is 22.7 Å². The SMILES string of the molecule is CN(C)C(=O)c1cc2cnc(Cl)nc2n1C12CC(C1)C2.CN1CC2(C1)CN(c1ccc(N)cc1)C2.CN1CC2(C1)CN(c1ccc(Nc3ncc4cc(C(=O)N(C)C)n(C56CC(C5)C6)c4n3)cc1)C2. The third-order valence-electron chi connectivity index (χ3n) is 16.5. The van der Waals surface area contributed by atoms with E-state index in [0.29, 0.717) is 22.5 Å². The Balaban J connectivity index is 0.000000119. The molecule has 360 valence electrons. The summed E-state index contributed by atoms with van der Waals surface area (Å²) in [7, 11) is 11.5. The van der Waals surface area contributed by atoms with Gasteiger partial charge in [-0.1, -0.05) is 0 Å². The molecule has 16 nitrogen and oxygen atoms in total. The van der Waals surface area contributed by atoms with Crippen molar-refractivity contribution in [2.45, 2.75) is 49.6 Å². The van der Waals surface area contributed by atoms with E-state index in [1.54, 1.807) is 44.2 Å². The van der Waals surface area contributed by atoms with E-state index in [4.69, 9.17) is 22.3 Å². The van der Waals surface area contributed by atoms with Gasteiger partial charge in [-0.05, 0) is 137 Å². The molecular weight excluding hydrogens is 888 g/mol. The number of halogens is 1. The molecule has 6 saturated carbocycles. The standard InChI is InChI=1S/C26H31N7O.C14H15ClN4O.C12H17N3/c1-30(2)23(34)21-8-18-12-27-24(29-22(18)33(21)26-9-17(10-26)11-26)28-19-4-6-20(7-5-19)32-15-25(16-32)13-31(3)14-25;1-18(2)12(20)10-3-9-7-16-13(15)17-11(9)19(10)14-4-8(5-14)6-14;1-14-6-12(7-14)8-15(9-12)11-4-2-10(13)3-5-11/h4-8,12,17H,9-11,13-16H2,1-3H3,(H,27,28,29);3,7-8H,4-6H2,1-2H3;2-5H,6-9,13H2,1H3. The molecule has 6 aliphatic carbocycles. The lowest BCUT2D eigenvalue weighted by molar-refractivity contribution is -0.0871. The zero-order chi connectivity index (χ0) is 47.8. The van der Waals surface area contributed by atoms with Crippen LogP contribution in [-0.2, 0) is 11.1 Å². The first-order valence-corrected chi connectivity index (χ1v) is 24.8. The summed E-state index contributed by atoms with van der Waals surface area (Å²) in [5, 5.41) is 5.40. The molecule has 4 aromatic heterocycles. The molecule has 2 aromatic carbocycles. The molecular formula is C52H63ClN14O2. The van der Waals surface area contributed by atoms with Crippen molar-refractivity contribution in [3.8, 4) is 0 Å². The van der Waals surface area contributed by atoms with Crippen LogP contribution in [0.3, 0.4) is 0 Å². The topological polar surface area (TPSA) is 153 Å². The molecule has 3 N–H and O–H groups in total. The maximum absolute atomic E-state index is 12.9. The number of amides is 2. The van der Waals surface area contributed by atoms with E-state index in [-0.39, 0.29) is 28.2 Å². The molecule has 0 atom stereocenters. The Morgan fingerprint density at radius 3 is 1.45 bits per heavy atom. The molecule has 6 aromatic rings. The molecule has 10 fully saturated rings. The van der Waals surface area contributed by atoms with Crippen molar-refractivity contribution in [2.75, 3.05) is 115 Å². The lowest BCUT2D eigenvalue weighted by Crippen LogP contribution is -2.71. The minimum Gasteiger partial charge on any atom is -0.399 e. The zero-order valence-electron chi connectivity index (χ0n) is 40.6. The smallest absolute Gasteiger partial charge is 0.270 e. The van der Waals surface area contributed by atoms with Gasteiger partial charge in [-0.25, -0.2) is 9.97 Å². The fourth-order valence-corrected chi connectivity index (χ4v) is 13.4. The van der Waals surface area contributed by atoms with Gasteiger partial charge < -0.3 is 49.6 Å². The van der Waals surface area contributed by atoms with Gasteiger partial charge in [0.15, 0.2) is 0 Å². The van der Waals surface area contributed by atoms with E-state index >= 15 is 0 Å². The van der Waals surface area contributed by atoms with Gasteiger partial charge in [0.1, 0.15) is 22.7 Å². The van der Waals surface area contributed by atoms with Crippen molar-refractivity contribution in [1.29, 1.82) is 0 Å². The van der Waals surface area contributed by atoms with E-state index in [2.05, 4.69) is 99.5 Å². The van der Waals surface area contributed by atoms with Crippen LogP contribution in [0.25, 0.3) is 22.1 Å². The molecule has 4 saturated heterocycles. The fourth-order valence-electron chi connectivity index (χ4n) is 13.2. The van der Waals surface area contributed by atoms with Crippen LogP contribution in [0.1, 0.15) is 59.5 Å². The molecule has 10 aliphatic rings. The van der Waals surface area contributed by atoms with Gasteiger partial charge in [-0.2, -0.15) is 9.97 Å². The van der Waals surface area contributed by atoms with Crippen LogP contribution in [0, 0.1) is 22.7 Å². The lowest BCUT2D eigenvalue weighted by atomic mass is 9.49. The Kier molecular flexibility index (Phi) is 10.1. The number of nitrogens with zero attached hydrogens (tertiary/aromatic N) is 12. The quantitative estimate of drug-likeness (QED) is 0.127. The van der Waals surface area contributed by atoms with Gasteiger partial charge in [0.25, 0.3) is 11.8 Å². The Morgan fingerprint density at radius 1 is 0.623 bits per heavy atom. The number of likely N-dealkylation sites (tertiary alicyclic amines) is 2. The number of nitrogens with two attached hydrogens (primary N) is 1. The van der Waals surface area contributed by atoms with Crippen LogP contribution in [0.4, 0.5) is 28.7 Å². The molecule has 0 unspecified atom stereocenters. The first kappa shape index (κ1) is 44.3. The summed E-state index contributed by atoms with van der Waals surface area (Å²) >= 11 is 5.94. The number of rotatable bonds is 8. The molecule has 16 rings (SSSR count). The normalized spacial score (nSPS) is 26.0. The molecule has 2 spiro atoms. The summed E-state index contributed by atoms with van der Waals surface area (Å²) in [6.45, 7) is 9.68. The van der Waals surface area contributed by atoms with E-state index in [9.17, 15) is 9.59 Å².